The lowest BCUT2D eigenvalue weighted by molar-refractivity contribution is 0.0975. The van der Waals surface area contributed by atoms with Gasteiger partial charge in [-0.25, -0.2) is 0 Å². The van der Waals surface area contributed by atoms with E-state index < -0.39 is 5.91 Å². The first-order valence-electron chi connectivity index (χ1n) is 4.32. The molecule has 0 aliphatic heterocycles. The number of primary amides is 1. The van der Waals surface area contributed by atoms with Gasteiger partial charge in [-0.15, -0.1) is 0 Å². The number of furan rings is 1. The molecule has 2 N–H and O–H groups in total. The Bertz CT molecular complexity index is 488. The van der Waals surface area contributed by atoms with Gasteiger partial charge in [0.25, 0.3) is 5.91 Å². The minimum absolute atomic E-state index is 0.184. The highest BCUT2D eigenvalue weighted by Gasteiger charge is 2.08. The zero-order valence-electron chi connectivity index (χ0n) is 7.74. The molecule has 2 aromatic rings. The zero-order chi connectivity index (χ0) is 10.8. The lowest BCUT2D eigenvalue weighted by Gasteiger charge is -1.96. The standard InChI is InChI=1S/C11H8INO2/c12-8-3-1-7(2-4-8)9-5-6-10(15-9)11(13)14/h1-6H,(H2,13,14). The first kappa shape index (κ1) is 10.2. The number of benzene rings is 1. The molecule has 0 unspecified atom stereocenters. The van der Waals surface area contributed by atoms with Crippen LogP contribution < -0.4 is 5.73 Å². The van der Waals surface area contributed by atoms with Gasteiger partial charge in [0.15, 0.2) is 5.76 Å². The molecule has 0 bridgehead atoms. The van der Waals surface area contributed by atoms with Gasteiger partial charge in [0.05, 0.1) is 0 Å². The predicted molar refractivity (Wildman–Crippen MR) is 65.4 cm³/mol. The molecule has 76 valence electrons. The van der Waals surface area contributed by atoms with Crippen molar-refractivity contribution in [1.82, 2.24) is 0 Å². The number of carbonyl (C=O) groups excluding carboxylic acids is 1. The van der Waals surface area contributed by atoms with E-state index in [1.165, 1.54) is 0 Å². The molecule has 1 aromatic heterocycles. The van der Waals surface area contributed by atoms with Crippen LogP contribution in [0.4, 0.5) is 0 Å². The average Bonchev–Trinajstić information content (AvgIpc) is 2.68. The molecule has 0 aliphatic carbocycles. The summed E-state index contributed by atoms with van der Waals surface area (Å²) in [5.74, 6) is 0.288. The van der Waals surface area contributed by atoms with Crippen molar-refractivity contribution in [2.45, 2.75) is 0 Å². The van der Waals surface area contributed by atoms with E-state index in [4.69, 9.17) is 10.2 Å². The van der Waals surface area contributed by atoms with Crippen LogP contribution in [-0.4, -0.2) is 5.91 Å². The van der Waals surface area contributed by atoms with E-state index in [2.05, 4.69) is 22.6 Å². The summed E-state index contributed by atoms with van der Waals surface area (Å²) in [5, 5.41) is 0. The van der Waals surface area contributed by atoms with Gasteiger partial charge in [-0.2, -0.15) is 0 Å². The van der Waals surface area contributed by atoms with Crippen molar-refractivity contribution in [2.75, 3.05) is 0 Å². The average molecular weight is 313 g/mol. The van der Waals surface area contributed by atoms with Gasteiger partial charge in [-0.3, -0.25) is 4.79 Å². The second-order valence-electron chi connectivity index (χ2n) is 3.04. The Kier molecular flexibility index (Phi) is 2.77. The molecule has 1 heterocycles. The summed E-state index contributed by atoms with van der Waals surface area (Å²) < 4.78 is 6.44. The van der Waals surface area contributed by atoms with E-state index in [1.807, 2.05) is 24.3 Å². The fraction of sp³-hybridized carbons (Fsp3) is 0. The molecular weight excluding hydrogens is 305 g/mol. The van der Waals surface area contributed by atoms with Gasteiger partial charge in [0.1, 0.15) is 5.76 Å². The van der Waals surface area contributed by atoms with Gasteiger partial charge < -0.3 is 10.2 Å². The monoisotopic (exact) mass is 313 g/mol. The lowest BCUT2D eigenvalue weighted by atomic mass is 10.2. The van der Waals surface area contributed by atoms with Gasteiger partial charge in [-0.1, -0.05) is 12.1 Å². The van der Waals surface area contributed by atoms with Crippen LogP contribution >= 0.6 is 22.6 Å². The second kappa shape index (κ2) is 4.06. The van der Waals surface area contributed by atoms with Crippen molar-refractivity contribution in [1.29, 1.82) is 0 Å². The number of rotatable bonds is 2. The van der Waals surface area contributed by atoms with Crippen LogP contribution in [0.25, 0.3) is 11.3 Å². The molecule has 4 heteroatoms. The van der Waals surface area contributed by atoms with Gasteiger partial charge in [0.2, 0.25) is 0 Å². The van der Waals surface area contributed by atoms with Crippen LogP contribution in [0.15, 0.2) is 40.8 Å². The summed E-state index contributed by atoms with van der Waals surface area (Å²) >= 11 is 2.23. The Hall–Kier alpha value is -1.30. The molecule has 15 heavy (non-hydrogen) atoms. The third-order valence-corrected chi connectivity index (χ3v) is 2.70. The highest BCUT2D eigenvalue weighted by molar-refractivity contribution is 14.1. The number of hydrogen-bond acceptors (Lipinski definition) is 2. The Labute approximate surface area is 100 Å². The van der Waals surface area contributed by atoms with Crippen molar-refractivity contribution in [3.05, 3.63) is 45.7 Å². The molecule has 0 fully saturated rings. The first-order chi connectivity index (χ1) is 7.16. The van der Waals surface area contributed by atoms with Crippen LogP contribution in [-0.2, 0) is 0 Å². The van der Waals surface area contributed by atoms with Crippen LogP contribution in [0.1, 0.15) is 10.6 Å². The molecular formula is C11H8INO2. The van der Waals surface area contributed by atoms with Gasteiger partial charge in [0, 0.05) is 9.13 Å². The molecule has 0 aliphatic rings. The first-order valence-corrected chi connectivity index (χ1v) is 5.40. The van der Waals surface area contributed by atoms with E-state index in [-0.39, 0.29) is 5.76 Å². The maximum absolute atomic E-state index is 10.8. The summed E-state index contributed by atoms with van der Waals surface area (Å²) in [6.45, 7) is 0. The van der Waals surface area contributed by atoms with Crippen molar-refractivity contribution in [2.24, 2.45) is 5.73 Å². The summed E-state index contributed by atoms with van der Waals surface area (Å²) in [6, 6.07) is 11.1. The molecule has 1 aromatic carbocycles. The fourth-order valence-corrected chi connectivity index (χ4v) is 1.60. The molecule has 0 radical (unpaired) electrons. The van der Waals surface area contributed by atoms with Crippen molar-refractivity contribution in [3.63, 3.8) is 0 Å². The van der Waals surface area contributed by atoms with E-state index in [0.29, 0.717) is 5.76 Å². The molecule has 0 saturated carbocycles. The predicted octanol–water partition coefficient (Wildman–Crippen LogP) is 2.65. The Morgan fingerprint density at radius 2 is 1.80 bits per heavy atom. The van der Waals surface area contributed by atoms with Crippen LogP contribution in [0.5, 0.6) is 0 Å². The van der Waals surface area contributed by atoms with Crippen LogP contribution in [0, 0.1) is 3.57 Å². The summed E-state index contributed by atoms with van der Waals surface area (Å²) in [4.78, 5) is 10.8. The Morgan fingerprint density at radius 3 is 2.33 bits per heavy atom. The molecule has 3 nitrogen and oxygen atoms in total. The third kappa shape index (κ3) is 2.20. The number of hydrogen-bond donors (Lipinski definition) is 1. The second-order valence-corrected chi connectivity index (χ2v) is 4.28. The SMILES string of the molecule is NC(=O)c1ccc(-c2ccc(I)cc2)o1. The van der Waals surface area contributed by atoms with E-state index in [9.17, 15) is 4.79 Å². The number of halogens is 1. The molecule has 0 spiro atoms. The number of nitrogens with two attached hydrogens (primary N) is 1. The summed E-state index contributed by atoms with van der Waals surface area (Å²) in [5.41, 5.74) is 6.03. The van der Waals surface area contributed by atoms with E-state index in [0.717, 1.165) is 9.13 Å². The largest absolute Gasteiger partial charge is 0.451 e. The number of amides is 1. The van der Waals surface area contributed by atoms with E-state index in [1.54, 1.807) is 12.1 Å². The fourth-order valence-electron chi connectivity index (χ4n) is 1.24. The lowest BCUT2D eigenvalue weighted by Crippen LogP contribution is -2.09. The van der Waals surface area contributed by atoms with E-state index >= 15 is 0 Å². The molecule has 0 atom stereocenters. The number of carbonyl (C=O) groups is 1. The minimum Gasteiger partial charge on any atom is -0.451 e. The highest BCUT2D eigenvalue weighted by atomic mass is 127. The normalized spacial score (nSPS) is 10.2. The molecule has 0 saturated heterocycles. The third-order valence-electron chi connectivity index (χ3n) is 1.98. The van der Waals surface area contributed by atoms with Crippen LogP contribution in [0.2, 0.25) is 0 Å². The molecule has 2 rings (SSSR count). The maximum atomic E-state index is 10.8. The minimum atomic E-state index is -0.549. The van der Waals surface area contributed by atoms with Gasteiger partial charge >= 0.3 is 0 Å². The van der Waals surface area contributed by atoms with Gasteiger partial charge in [-0.05, 0) is 46.9 Å². The van der Waals surface area contributed by atoms with Crippen LogP contribution in [0.3, 0.4) is 0 Å². The Balaban J connectivity index is 2.37. The van der Waals surface area contributed by atoms with Crippen molar-refractivity contribution in [3.8, 4) is 11.3 Å². The highest BCUT2D eigenvalue weighted by Crippen LogP contribution is 2.22. The quantitative estimate of drug-likeness (QED) is 0.867. The molecule has 1 amide bonds. The smallest absolute Gasteiger partial charge is 0.284 e. The topological polar surface area (TPSA) is 56.2 Å². The zero-order valence-corrected chi connectivity index (χ0v) is 9.89. The van der Waals surface area contributed by atoms with Crippen molar-refractivity contribution < 1.29 is 9.21 Å². The van der Waals surface area contributed by atoms with Crippen molar-refractivity contribution >= 4 is 28.5 Å². The summed E-state index contributed by atoms with van der Waals surface area (Å²) in [6.07, 6.45) is 0. The Morgan fingerprint density at radius 1 is 1.13 bits per heavy atom. The summed E-state index contributed by atoms with van der Waals surface area (Å²) in [7, 11) is 0. The maximum Gasteiger partial charge on any atom is 0.284 e.